The quantitative estimate of drug-likeness (QED) is 0.719. The van der Waals surface area contributed by atoms with Gasteiger partial charge in [0.2, 0.25) is 0 Å². The average molecular weight is 227 g/mol. The standard InChI is InChI=1S/C7H10Cl2.CH2O3/c1-7(2)4-5(7)3-6(8)9;2-1(3)4/h3,5H,4H2,1-2H3;(H2,2,3,4). The third-order valence-corrected chi connectivity index (χ3v) is 2.17. The Kier molecular flexibility index (Phi) is 4.57. The molecule has 0 saturated heterocycles. The summed E-state index contributed by atoms with van der Waals surface area (Å²) in [6, 6.07) is 0. The van der Waals surface area contributed by atoms with Crippen LogP contribution >= 0.6 is 23.2 Å². The Morgan fingerprint density at radius 2 is 1.77 bits per heavy atom. The molecule has 0 bridgehead atoms. The summed E-state index contributed by atoms with van der Waals surface area (Å²) in [5, 5.41) is 13.9. The summed E-state index contributed by atoms with van der Waals surface area (Å²) < 4.78 is 0.408. The van der Waals surface area contributed by atoms with E-state index in [2.05, 4.69) is 13.8 Å². The van der Waals surface area contributed by atoms with Gasteiger partial charge in [-0.2, -0.15) is 0 Å². The van der Waals surface area contributed by atoms with E-state index in [1.54, 1.807) is 0 Å². The maximum atomic E-state index is 8.56. The summed E-state index contributed by atoms with van der Waals surface area (Å²) in [7, 11) is 0. The first-order valence-electron chi connectivity index (χ1n) is 3.70. The molecule has 13 heavy (non-hydrogen) atoms. The van der Waals surface area contributed by atoms with E-state index in [0.29, 0.717) is 15.8 Å². The van der Waals surface area contributed by atoms with E-state index in [4.69, 9.17) is 38.2 Å². The molecule has 76 valence electrons. The van der Waals surface area contributed by atoms with E-state index < -0.39 is 6.16 Å². The smallest absolute Gasteiger partial charge is 0.450 e. The van der Waals surface area contributed by atoms with Crippen LogP contribution < -0.4 is 0 Å². The molecule has 3 nitrogen and oxygen atoms in total. The zero-order valence-electron chi connectivity index (χ0n) is 7.42. The van der Waals surface area contributed by atoms with Crippen LogP contribution in [0.1, 0.15) is 20.3 Å². The van der Waals surface area contributed by atoms with Crippen molar-refractivity contribution in [2.45, 2.75) is 20.3 Å². The second-order valence-electron chi connectivity index (χ2n) is 3.54. The lowest BCUT2D eigenvalue weighted by molar-refractivity contribution is 0.137. The Morgan fingerprint density at radius 1 is 1.46 bits per heavy atom. The Morgan fingerprint density at radius 3 is 1.85 bits per heavy atom. The van der Waals surface area contributed by atoms with Crippen LogP contribution in [0.2, 0.25) is 0 Å². The molecule has 1 atom stereocenters. The predicted octanol–water partition coefficient (Wildman–Crippen LogP) is 3.57. The highest BCUT2D eigenvalue weighted by molar-refractivity contribution is 6.55. The van der Waals surface area contributed by atoms with Crippen molar-refractivity contribution in [2.24, 2.45) is 11.3 Å². The van der Waals surface area contributed by atoms with Crippen LogP contribution in [0.25, 0.3) is 0 Å². The zero-order chi connectivity index (χ0) is 10.6. The van der Waals surface area contributed by atoms with Gasteiger partial charge in [-0.15, -0.1) is 0 Å². The topological polar surface area (TPSA) is 57.5 Å². The first-order valence-corrected chi connectivity index (χ1v) is 4.46. The van der Waals surface area contributed by atoms with Gasteiger partial charge < -0.3 is 10.2 Å². The molecule has 0 spiro atoms. The Balaban J connectivity index is 0.000000310. The van der Waals surface area contributed by atoms with Crippen molar-refractivity contribution in [3.8, 4) is 0 Å². The van der Waals surface area contributed by atoms with Gasteiger partial charge >= 0.3 is 6.16 Å². The first kappa shape index (κ1) is 12.6. The lowest BCUT2D eigenvalue weighted by atomic mass is 10.1. The lowest BCUT2D eigenvalue weighted by Gasteiger charge is -1.94. The molecular formula is C8H12Cl2O3. The molecule has 1 saturated carbocycles. The Bertz CT molecular complexity index is 215. The van der Waals surface area contributed by atoms with Gasteiger partial charge in [-0.25, -0.2) is 4.79 Å². The highest BCUT2D eigenvalue weighted by Gasteiger charge is 2.43. The number of allylic oxidation sites excluding steroid dienone is 1. The molecule has 0 aromatic rings. The molecule has 1 rings (SSSR count). The van der Waals surface area contributed by atoms with Crippen molar-refractivity contribution in [1.29, 1.82) is 0 Å². The fraction of sp³-hybridized carbons (Fsp3) is 0.625. The number of carboxylic acid groups (broad SMARTS) is 2. The van der Waals surface area contributed by atoms with Crippen LogP contribution in [0, 0.1) is 11.3 Å². The highest BCUT2D eigenvalue weighted by Crippen LogP contribution is 2.53. The molecule has 1 aliphatic carbocycles. The molecule has 0 heterocycles. The number of hydrogen-bond acceptors (Lipinski definition) is 1. The van der Waals surface area contributed by atoms with Crippen molar-refractivity contribution in [2.75, 3.05) is 0 Å². The Hall–Kier alpha value is -0.410. The summed E-state index contributed by atoms with van der Waals surface area (Å²) in [5.41, 5.74) is 0.453. The van der Waals surface area contributed by atoms with Crippen molar-refractivity contribution in [3.63, 3.8) is 0 Å². The molecule has 0 aliphatic heterocycles. The van der Waals surface area contributed by atoms with Gasteiger partial charge in [0.25, 0.3) is 0 Å². The average Bonchev–Trinajstić information content (AvgIpc) is 2.34. The van der Waals surface area contributed by atoms with E-state index in [-0.39, 0.29) is 0 Å². The minimum absolute atomic E-state index is 0.408. The summed E-state index contributed by atoms with van der Waals surface area (Å²) in [4.78, 5) is 8.56. The number of hydrogen-bond donors (Lipinski definition) is 2. The molecular weight excluding hydrogens is 215 g/mol. The largest absolute Gasteiger partial charge is 0.503 e. The van der Waals surface area contributed by atoms with Crippen LogP contribution in [0.15, 0.2) is 10.6 Å². The normalized spacial score (nSPS) is 22.3. The summed E-state index contributed by atoms with van der Waals surface area (Å²) in [5.74, 6) is 0.613. The van der Waals surface area contributed by atoms with Gasteiger partial charge in [0.05, 0.1) is 0 Å². The van der Waals surface area contributed by atoms with E-state index in [9.17, 15) is 0 Å². The number of rotatable bonds is 1. The molecule has 0 aromatic heterocycles. The molecule has 1 aliphatic rings. The summed E-state index contributed by atoms with van der Waals surface area (Å²) in [6.07, 6.45) is 1.30. The second kappa shape index (κ2) is 4.72. The molecule has 0 aromatic carbocycles. The van der Waals surface area contributed by atoms with Crippen LogP contribution in [-0.4, -0.2) is 16.4 Å². The van der Waals surface area contributed by atoms with Crippen molar-refractivity contribution in [1.82, 2.24) is 0 Å². The highest BCUT2D eigenvalue weighted by atomic mass is 35.5. The molecule has 5 heteroatoms. The van der Waals surface area contributed by atoms with Crippen molar-refractivity contribution < 1.29 is 15.0 Å². The molecule has 1 fully saturated rings. The molecule has 1 unspecified atom stereocenters. The minimum Gasteiger partial charge on any atom is -0.450 e. The van der Waals surface area contributed by atoms with Gasteiger partial charge in [0.1, 0.15) is 4.49 Å². The van der Waals surface area contributed by atoms with E-state index in [1.165, 1.54) is 6.42 Å². The van der Waals surface area contributed by atoms with Crippen molar-refractivity contribution in [3.05, 3.63) is 10.6 Å². The van der Waals surface area contributed by atoms with Gasteiger partial charge in [0.15, 0.2) is 0 Å². The lowest BCUT2D eigenvalue weighted by Crippen LogP contribution is -1.85. The van der Waals surface area contributed by atoms with Gasteiger partial charge in [-0.3, -0.25) is 0 Å². The third kappa shape index (κ3) is 6.72. The number of halogens is 2. The van der Waals surface area contributed by atoms with E-state index in [0.717, 1.165) is 0 Å². The summed E-state index contributed by atoms with van der Waals surface area (Å²) in [6.45, 7) is 4.43. The molecule has 0 amide bonds. The van der Waals surface area contributed by atoms with Gasteiger partial charge in [-0.1, -0.05) is 43.1 Å². The first-order chi connectivity index (χ1) is 5.75. The fourth-order valence-corrected chi connectivity index (χ4v) is 1.25. The van der Waals surface area contributed by atoms with Gasteiger partial charge in [-0.05, 0) is 17.8 Å². The SMILES string of the molecule is CC1(C)CC1C=C(Cl)Cl.O=C(O)O. The predicted molar refractivity (Wildman–Crippen MR) is 52.3 cm³/mol. The summed E-state index contributed by atoms with van der Waals surface area (Å²) >= 11 is 10.9. The van der Waals surface area contributed by atoms with E-state index >= 15 is 0 Å². The fourth-order valence-electron chi connectivity index (χ4n) is 0.944. The van der Waals surface area contributed by atoms with Crippen LogP contribution in [0.4, 0.5) is 4.79 Å². The van der Waals surface area contributed by atoms with Crippen molar-refractivity contribution >= 4 is 29.4 Å². The van der Waals surface area contributed by atoms with Crippen LogP contribution in [-0.2, 0) is 0 Å². The monoisotopic (exact) mass is 226 g/mol. The van der Waals surface area contributed by atoms with Gasteiger partial charge in [0, 0.05) is 0 Å². The minimum atomic E-state index is -1.83. The van der Waals surface area contributed by atoms with Crippen LogP contribution in [0.3, 0.4) is 0 Å². The maximum Gasteiger partial charge on any atom is 0.503 e. The molecule has 2 N–H and O–H groups in total. The second-order valence-corrected chi connectivity index (χ2v) is 4.55. The zero-order valence-corrected chi connectivity index (χ0v) is 8.93. The molecule has 0 radical (unpaired) electrons. The maximum absolute atomic E-state index is 8.56. The van der Waals surface area contributed by atoms with E-state index in [1.807, 2.05) is 6.08 Å². The van der Waals surface area contributed by atoms with Crippen LogP contribution in [0.5, 0.6) is 0 Å². The third-order valence-electron chi connectivity index (χ3n) is 1.92. The number of carbonyl (C=O) groups is 1. The Labute approximate surface area is 87.0 Å².